The van der Waals surface area contributed by atoms with Gasteiger partial charge in [-0.25, -0.2) is 13.2 Å². The Morgan fingerprint density at radius 1 is 0.886 bits per heavy atom. The average molecular weight is 561 g/mol. The Morgan fingerprint density at radius 2 is 1.51 bits per heavy atom. The van der Waals surface area contributed by atoms with Crippen molar-refractivity contribution in [2.45, 2.75) is 18.7 Å². The lowest BCUT2D eigenvalue weighted by Crippen LogP contribution is -2.38. The Labute approximate surface area is 213 Å². The molecule has 184 valence electrons. The summed E-state index contributed by atoms with van der Waals surface area (Å²) in [6, 6.07) is 18.8. The van der Waals surface area contributed by atoms with Crippen LogP contribution in [0.5, 0.6) is 5.75 Å². The van der Waals surface area contributed by atoms with Crippen molar-refractivity contribution < 1.29 is 27.5 Å². The number of halogens is 1. The van der Waals surface area contributed by atoms with Crippen LogP contribution in [-0.4, -0.2) is 40.1 Å². The number of nitrogens with zero attached hydrogens (tertiary/aromatic N) is 1. The highest BCUT2D eigenvalue weighted by molar-refractivity contribution is 9.10. The lowest BCUT2D eigenvalue weighted by molar-refractivity contribution is -0.114. The highest BCUT2D eigenvalue weighted by Gasteiger charge is 2.27. The molecule has 0 bridgehead atoms. The molecule has 3 rings (SSSR count). The van der Waals surface area contributed by atoms with Crippen LogP contribution in [0.25, 0.3) is 0 Å². The molecule has 1 N–H and O–H groups in total. The quantitative estimate of drug-likeness (QED) is 0.355. The van der Waals surface area contributed by atoms with E-state index in [2.05, 4.69) is 21.2 Å². The number of ether oxygens (including phenoxy) is 2. The lowest BCUT2D eigenvalue weighted by Gasteiger charge is -2.24. The number of carbonyl (C=O) groups excluding carboxylic acids is 2. The third-order valence-corrected chi connectivity index (χ3v) is 7.12. The first-order valence-electron chi connectivity index (χ1n) is 10.8. The van der Waals surface area contributed by atoms with Gasteiger partial charge in [0.2, 0.25) is 5.91 Å². The minimum atomic E-state index is -4.06. The van der Waals surface area contributed by atoms with Gasteiger partial charge >= 0.3 is 5.97 Å². The molecule has 0 spiro atoms. The van der Waals surface area contributed by atoms with E-state index < -0.39 is 28.4 Å². The van der Waals surface area contributed by atoms with Gasteiger partial charge in [-0.15, -0.1) is 0 Å². The summed E-state index contributed by atoms with van der Waals surface area (Å²) in [5.74, 6) is -0.431. The van der Waals surface area contributed by atoms with E-state index in [4.69, 9.17) is 9.47 Å². The van der Waals surface area contributed by atoms with Crippen molar-refractivity contribution in [2.75, 3.05) is 29.4 Å². The Morgan fingerprint density at radius 3 is 2.09 bits per heavy atom. The number of anilines is 2. The molecule has 10 heteroatoms. The second kappa shape index (κ2) is 11.9. The summed E-state index contributed by atoms with van der Waals surface area (Å²) in [7, 11) is -4.06. The molecule has 0 saturated heterocycles. The molecular formula is C25H25BrN2O6S. The maximum atomic E-state index is 13.5. The second-order valence-corrected chi connectivity index (χ2v) is 10.0. The topological polar surface area (TPSA) is 102 Å². The van der Waals surface area contributed by atoms with Crippen molar-refractivity contribution in [3.05, 3.63) is 82.8 Å². The summed E-state index contributed by atoms with van der Waals surface area (Å²) in [4.78, 5) is 24.7. The highest BCUT2D eigenvalue weighted by atomic mass is 79.9. The van der Waals surface area contributed by atoms with Gasteiger partial charge in [-0.3, -0.25) is 9.10 Å². The first kappa shape index (κ1) is 26.2. The molecule has 0 radical (unpaired) electrons. The van der Waals surface area contributed by atoms with Crippen LogP contribution in [0.1, 0.15) is 24.2 Å². The fraction of sp³-hybridized carbons (Fsp3) is 0.200. The molecular weight excluding hydrogens is 536 g/mol. The van der Waals surface area contributed by atoms with Crippen molar-refractivity contribution in [3.8, 4) is 5.75 Å². The van der Waals surface area contributed by atoms with Crippen molar-refractivity contribution in [1.82, 2.24) is 0 Å². The van der Waals surface area contributed by atoms with Crippen LogP contribution in [0.2, 0.25) is 0 Å². The fourth-order valence-corrected chi connectivity index (χ4v) is 4.84. The van der Waals surface area contributed by atoms with Crippen molar-refractivity contribution >= 4 is 49.2 Å². The molecule has 35 heavy (non-hydrogen) atoms. The standard InChI is InChI=1S/C25H25BrN2O6S/c1-3-33-22-13-11-21(12-14-22)28(35(31,32)23-15-7-19(26)8-16-23)17-24(29)27-20-9-5-18(6-10-20)25(30)34-4-2/h5-16H,3-4,17H2,1-2H3,(H,27,29). The maximum absolute atomic E-state index is 13.5. The van der Waals surface area contributed by atoms with Crippen LogP contribution >= 0.6 is 15.9 Å². The Kier molecular flexibility index (Phi) is 8.89. The van der Waals surface area contributed by atoms with Gasteiger partial charge in [0, 0.05) is 10.2 Å². The highest BCUT2D eigenvalue weighted by Crippen LogP contribution is 2.27. The van der Waals surface area contributed by atoms with Crippen molar-refractivity contribution in [1.29, 1.82) is 0 Å². The van der Waals surface area contributed by atoms with Crippen molar-refractivity contribution in [2.24, 2.45) is 0 Å². The summed E-state index contributed by atoms with van der Waals surface area (Å²) in [5, 5.41) is 2.68. The zero-order valence-electron chi connectivity index (χ0n) is 19.2. The normalized spacial score (nSPS) is 10.9. The number of sulfonamides is 1. The lowest BCUT2D eigenvalue weighted by atomic mass is 10.2. The van der Waals surface area contributed by atoms with Gasteiger partial charge in [0.1, 0.15) is 12.3 Å². The number of nitrogens with one attached hydrogen (secondary N) is 1. The molecule has 0 saturated carbocycles. The number of hydrogen-bond donors (Lipinski definition) is 1. The van der Waals surface area contributed by atoms with Crippen LogP contribution in [0, 0.1) is 0 Å². The molecule has 8 nitrogen and oxygen atoms in total. The van der Waals surface area contributed by atoms with Crippen LogP contribution in [0.4, 0.5) is 11.4 Å². The average Bonchev–Trinajstić information content (AvgIpc) is 2.84. The Balaban J connectivity index is 1.85. The molecule has 3 aromatic carbocycles. The predicted molar refractivity (Wildman–Crippen MR) is 137 cm³/mol. The number of benzene rings is 3. The monoisotopic (exact) mass is 560 g/mol. The molecule has 0 heterocycles. The Bertz CT molecular complexity index is 1260. The van der Waals surface area contributed by atoms with Gasteiger partial charge in [-0.05, 0) is 86.6 Å². The second-order valence-electron chi connectivity index (χ2n) is 7.24. The number of hydrogen-bond acceptors (Lipinski definition) is 6. The molecule has 0 aliphatic heterocycles. The molecule has 0 aromatic heterocycles. The predicted octanol–water partition coefficient (Wildman–Crippen LogP) is 4.86. The van der Waals surface area contributed by atoms with E-state index in [-0.39, 0.29) is 11.5 Å². The SMILES string of the molecule is CCOC(=O)c1ccc(NC(=O)CN(c2ccc(OCC)cc2)S(=O)(=O)c2ccc(Br)cc2)cc1. The molecule has 0 fully saturated rings. The van der Waals surface area contributed by atoms with Gasteiger partial charge in [0.15, 0.2) is 0 Å². The molecule has 0 unspecified atom stereocenters. The van der Waals surface area contributed by atoms with E-state index in [0.29, 0.717) is 29.3 Å². The zero-order valence-corrected chi connectivity index (χ0v) is 21.6. The number of carbonyl (C=O) groups is 2. The van der Waals surface area contributed by atoms with E-state index >= 15 is 0 Å². The van der Waals surface area contributed by atoms with E-state index in [0.717, 1.165) is 8.78 Å². The van der Waals surface area contributed by atoms with Crippen LogP contribution in [0.15, 0.2) is 82.2 Å². The Hall–Kier alpha value is -3.37. The van der Waals surface area contributed by atoms with E-state index in [1.807, 2.05) is 6.92 Å². The maximum Gasteiger partial charge on any atom is 0.338 e. The molecule has 0 aliphatic carbocycles. The van der Waals surface area contributed by atoms with Gasteiger partial charge < -0.3 is 14.8 Å². The number of amides is 1. The van der Waals surface area contributed by atoms with E-state index in [1.54, 1.807) is 55.5 Å². The van der Waals surface area contributed by atoms with Gasteiger partial charge in [-0.1, -0.05) is 15.9 Å². The minimum absolute atomic E-state index is 0.0428. The summed E-state index contributed by atoms with van der Waals surface area (Å²) in [6.07, 6.45) is 0. The van der Waals surface area contributed by atoms with Gasteiger partial charge in [0.25, 0.3) is 10.0 Å². The minimum Gasteiger partial charge on any atom is -0.494 e. The molecule has 3 aromatic rings. The largest absolute Gasteiger partial charge is 0.494 e. The van der Waals surface area contributed by atoms with Crippen LogP contribution in [0.3, 0.4) is 0 Å². The smallest absolute Gasteiger partial charge is 0.338 e. The zero-order chi connectivity index (χ0) is 25.4. The van der Waals surface area contributed by atoms with Gasteiger partial charge in [-0.2, -0.15) is 0 Å². The van der Waals surface area contributed by atoms with E-state index in [9.17, 15) is 18.0 Å². The first-order chi connectivity index (χ1) is 16.7. The molecule has 1 amide bonds. The third kappa shape index (κ3) is 6.83. The number of esters is 1. The number of rotatable bonds is 10. The van der Waals surface area contributed by atoms with Gasteiger partial charge in [0.05, 0.1) is 29.4 Å². The summed E-state index contributed by atoms with van der Waals surface area (Å²) >= 11 is 3.30. The van der Waals surface area contributed by atoms with Crippen LogP contribution in [-0.2, 0) is 19.6 Å². The molecule has 0 atom stereocenters. The summed E-state index contributed by atoms with van der Waals surface area (Å²) in [5.41, 5.74) is 1.07. The summed E-state index contributed by atoms with van der Waals surface area (Å²) < 4.78 is 39.1. The van der Waals surface area contributed by atoms with E-state index in [1.165, 1.54) is 24.3 Å². The first-order valence-corrected chi connectivity index (χ1v) is 13.1. The summed E-state index contributed by atoms with van der Waals surface area (Å²) in [6.45, 7) is 3.82. The van der Waals surface area contributed by atoms with Crippen LogP contribution < -0.4 is 14.4 Å². The molecule has 0 aliphatic rings. The fourth-order valence-electron chi connectivity index (χ4n) is 3.16. The third-order valence-electron chi connectivity index (χ3n) is 4.80. The van der Waals surface area contributed by atoms with Crippen molar-refractivity contribution in [3.63, 3.8) is 0 Å².